The number of benzene rings is 1. The Hall–Kier alpha value is -2.71. The highest BCUT2D eigenvalue weighted by molar-refractivity contribution is 7.14. The molecule has 0 aliphatic carbocycles. The number of thiazole rings is 1. The molecule has 1 aromatic carbocycles. The molecular weight excluding hydrogens is 414 g/mol. The van der Waals surface area contributed by atoms with Gasteiger partial charge in [0, 0.05) is 32.4 Å². The normalized spacial score (nSPS) is 16.4. The third kappa shape index (κ3) is 4.36. The van der Waals surface area contributed by atoms with Gasteiger partial charge in [-0.05, 0) is 45.4 Å². The molecule has 0 saturated carbocycles. The summed E-state index contributed by atoms with van der Waals surface area (Å²) >= 11 is 1.27. The molecule has 0 radical (unpaired) electrons. The molecule has 1 aliphatic rings. The van der Waals surface area contributed by atoms with E-state index in [2.05, 4.69) is 23.7 Å². The molecule has 0 bridgehead atoms. The number of amides is 1. The van der Waals surface area contributed by atoms with Crippen LogP contribution in [0, 0.1) is 13.8 Å². The van der Waals surface area contributed by atoms with E-state index < -0.39 is 17.7 Å². The Morgan fingerprint density at radius 2 is 1.87 bits per heavy atom. The minimum atomic E-state index is -0.678. The van der Waals surface area contributed by atoms with Crippen molar-refractivity contribution >= 4 is 28.7 Å². The number of rotatable bonds is 9. The zero-order valence-electron chi connectivity index (χ0n) is 18.6. The molecule has 1 N–H and O–H groups in total. The Labute approximate surface area is 187 Å². The molecule has 1 aliphatic heterocycles. The average Bonchev–Trinajstić information content (AvgIpc) is 3.23. The first-order chi connectivity index (χ1) is 14.8. The Balaban J connectivity index is 2.06. The average molecular weight is 444 g/mol. The molecule has 2 heterocycles. The van der Waals surface area contributed by atoms with Crippen LogP contribution in [0.15, 0.2) is 35.6 Å². The molecule has 0 saturated heterocycles. The van der Waals surface area contributed by atoms with Crippen LogP contribution in [0.2, 0.25) is 0 Å². The number of aryl methyl sites for hydroxylation is 2. The highest BCUT2D eigenvalue weighted by Gasteiger charge is 2.44. The number of carbonyl (C=O) groups excluding carboxylic acids is 2. The highest BCUT2D eigenvalue weighted by atomic mass is 32.1. The Kier molecular flexibility index (Phi) is 7.12. The van der Waals surface area contributed by atoms with E-state index in [0.717, 1.165) is 29.3 Å². The van der Waals surface area contributed by atoms with Gasteiger partial charge in [0.15, 0.2) is 5.76 Å². The SMILES string of the molecule is CCN(CC)c1ccc(C2C(C(=O)c3sc(C)nc3C)=C(O)C(=O)N2CCOC)cc1. The van der Waals surface area contributed by atoms with Gasteiger partial charge in [-0.3, -0.25) is 9.59 Å². The van der Waals surface area contributed by atoms with E-state index in [1.807, 2.05) is 31.2 Å². The van der Waals surface area contributed by atoms with Gasteiger partial charge in [0.05, 0.1) is 33.8 Å². The molecule has 7 nitrogen and oxygen atoms in total. The maximum atomic E-state index is 13.4. The van der Waals surface area contributed by atoms with E-state index >= 15 is 0 Å². The van der Waals surface area contributed by atoms with Gasteiger partial charge in [0.25, 0.3) is 5.91 Å². The molecule has 1 aromatic heterocycles. The summed E-state index contributed by atoms with van der Waals surface area (Å²) in [4.78, 5) is 34.8. The minimum absolute atomic E-state index is 0.100. The molecular formula is C23H29N3O4S. The lowest BCUT2D eigenvalue weighted by molar-refractivity contribution is -0.130. The minimum Gasteiger partial charge on any atom is -0.503 e. The van der Waals surface area contributed by atoms with Crippen molar-refractivity contribution in [1.29, 1.82) is 0 Å². The smallest absolute Gasteiger partial charge is 0.290 e. The number of hydrogen-bond acceptors (Lipinski definition) is 7. The predicted molar refractivity (Wildman–Crippen MR) is 122 cm³/mol. The fourth-order valence-electron chi connectivity index (χ4n) is 3.97. The van der Waals surface area contributed by atoms with Crippen LogP contribution in [0.5, 0.6) is 0 Å². The number of hydrogen-bond donors (Lipinski definition) is 1. The van der Waals surface area contributed by atoms with Gasteiger partial charge in [-0.25, -0.2) is 4.98 Å². The number of aliphatic hydroxyl groups excluding tert-OH is 1. The summed E-state index contributed by atoms with van der Waals surface area (Å²) < 4.78 is 5.16. The first kappa shape index (κ1) is 23.0. The summed E-state index contributed by atoms with van der Waals surface area (Å²) in [5.41, 5.74) is 2.54. The van der Waals surface area contributed by atoms with Crippen molar-refractivity contribution in [2.24, 2.45) is 0 Å². The highest BCUT2D eigenvalue weighted by Crippen LogP contribution is 2.40. The third-order valence-corrected chi connectivity index (χ3v) is 6.60. The fraction of sp³-hybridized carbons (Fsp3) is 0.435. The van der Waals surface area contributed by atoms with E-state index in [1.54, 1.807) is 14.0 Å². The van der Waals surface area contributed by atoms with Crippen LogP contribution in [0.4, 0.5) is 5.69 Å². The molecule has 8 heteroatoms. The zero-order valence-corrected chi connectivity index (χ0v) is 19.5. The number of carbonyl (C=O) groups is 2. The molecule has 0 fully saturated rings. The van der Waals surface area contributed by atoms with E-state index in [0.29, 0.717) is 17.2 Å². The maximum Gasteiger partial charge on any atom is 0.290 e. The van der Waals surface area contributed by atoms with Crippen LogP contribution in [0.1, 0.15) is 45.8 Å². The van der Waals surface area contributed by atoms with Crippen molar-refractivity contribution in [1.82, 2.24) is 9.88 Å². The van der Waals surface area contributed by atoms with Crippen molar-refractivity contribution in [3.05, 3.63) is 56.7 Å². The topological polar surface area (TPSA) is 83.0 Å². The number of nitrogens with zero attached hydrogens (tertiary/aromatic N) is 3. The quantitative estimate of drug-likeness (QED) is 0.593. The van der Waals surface area contributed by atoms with E-state index in [-0.39, 0.29) is 17.9 Å². The second kappa shape index (κ2) is 9.62. The number of aliphatic hydroxyl groups is 1. The van der Waals surface area contributed by atoms with Gasteiger partial charge in [-0.1, -0.05) is 12.1 Å². The second-order valence-corrected chi connectivity index (χ2v) is 8.60. The van der Waals surface area contributed by atoms with Gasteiger partial charge < -0.3 is 19.6 Å². The number of ketones is 1. The van der Waals surface area contributed by atoms with Gasteiger partial charge in [-0.2, -0.15) is 0 Å². The first-order valence-electron chi connectivity index (χ1n) is 10.4. The van der Waals surface area contributed by atoms with Crippen LogP contribution in [0.3, 0.4) is 0 Å². The fourth-order valence-corrected chi connectivity index (χ4v) is 4.85. The number of ether oxygens (including phenoxy) is 1. The number of methoxy groups -OCH3 is 1. The van der Waals surface area contributed by atoms with Gasteiger partial charge >= 0.3 is 0 Å². The maximum absolute atomic E-state index is 13.4. The molecule has 1 unspecified atom stereocenters. The van der Waals surface area contributed by atoms with E-state index in [9.17, 15) is 14.7 Å². The lowest BCUT2D eigenvalue weighted by Crippen LogP contribution is -2.34. The predicted octanol–water partition coefficient (Wildman–Crippen LogP) is 3.83. The third-order valence-electron chi connectivity index (χ3n) is 5.53. The van der Waals surface area contributed by atoms with Crippen LogP contribution < -0.4 is 4.90 Å². The summed E-state index contributed by atoms with van der Waals surface area (Å²) in [7, 11) is 1.55. The lowest BCUT2D eigenvalue weighted by Gasteiger charge is -2.27. The van der Waals surface area contributed by atoms with Crippen LogP contribution in [-0.2, 0) is 9.53 Å². The van der Waals surface area contributed by atoms with E-state index in [1.165, 1.54) is 16.2 Å². The van der Waals surface area contributed by atoms with Crippen molar-refractivity contribution in [3.8, 4) is 0 Å². The Bertz CT molecular complexity index is 993. The summed E-state index contributed by atoms with van der Waals surface area (Å²) in [6, 6.07) is 7.13. The molecule has 2 aromatic rings. The first-order valence-corrected chi connectivity index (χ1v) is 11.2. The summed E-state index contributed by atoms with van der Waals surface area (Å²) in [5, 5.41) is 11.5. The number of Topliss-reactive ketones (excluding diaryl/α,β-unsaturated/α-hetero) is 1. The molecule has 166 valence electrons. The standard InChI is InChI=1S/C23H29N3O4S/c1-6-25(7-2)17-10-8-16(9-11-17)19-18(20(27)22-14(3)24-15(4)31-22)21(28)23(29)26(19)12-13-30-5/h8-11,19,28H,6-7,12-13H2,1-5H3. The van der Waals surface area contributed by atoms with Crippen molar-refractivity contribution in [2.75, 3.05) is 38.3 Å². The van der Waals surface area contributed by atoms with E-state index in [4.69, 9.17) is 4.74 Å². The molecule has 31 heavy (non-hydrogen) atoms. The number of anilines is 1. The summed E-state index contributed by atoms with van der Waals surface area (Å²) in [5.74, 6) is -1.41. The zero-order chi connectivity index (χ0) is 22.7. The largest absolute Gasteiger partial charge is 0.503 e. The summed E-state index contributed by atoms with van der Waals surface area (Å²) in [6.07, 6.45) is 0. The number of aromatic nitrogens is 1. The Morgan fingerprint density at radius 1 is 1.23 bits per heavy atom. The van der Waals surface area contributed by atoms with Crippen molar-refractivity contribution < 1.29 is 19.4 Å². The second-order valence-electron chi connectivity index (χ2n) is 7.40. The molecule has 1 amide bonds. The van der Waals surface area contributed by atoms with Crippen LogP contribution in [0.25, 0.3) is 0 Å². The van der Waals surface area contributed by atoms with Crippen LogP contribution >= 0.6 is 11.3 Å². The van der Waals surface area contributed by atoms with Crippen molar-refractivity contribution in [2.45, 2.75) is 33.7 Å². The van der Waals surface area contributed by atoms with Crippen molar-refractivity contribution in [3.63, 3.8) is 0 Å². The summed E-state index contributed by atoms with van der Waals surface area (Å²) in [6.45, 7) is 10.1. The lowest BCUT2D eigenvalue weighted by atomic mass is 9.95. The van der Waals surface area contributed by atoms with Gasteiger partial charge in [-0.15, -0.1) is 11.3 Å². The molecule has 1 atom stereocenters. The molecule has 3 rings (SSSR count). The van der Waals surface area contributed by atoms with Gasteiger partial charge in [0.1, 0.15) is 0 Å². The van der Waals surface area contributed by atoms with Crippen LogP contribution in [-0.4, -0.2) is 60.0 Å². The Morgan fingerprint density at radius 3 is 2.39 bits per heavy atom. The monoisotopic (exact) mass is 443 g/mol. The van der Waals surface area contributed by atoms with Gasteiger partial charge in [0.2, 0.25) is 5.78 Å². The molecule has 0 spiro atoms.